The Kier molecular flexibility index (Phi) is 5.41. The standard InChI is InChI=1S/C16H24N2O2/c1-3-10-20-15-7-5-4-6-14(15)16(19)17-11-13-8-9-18(2)12-13/h4-7,13H,3,8-12H2,1-2H3,(H,17,19). The highest BCUT2D eigenvalue weighted by atomic mass is 16.5. The topological polar surface area (TPSA) is 41.6 Å². The first-order valence-electron chi connectivity index (χ1n) is 7.39. The first kappa shape index (κ1) is 14.9. The number of para-hydroxylation sites is 1. The molecule has 1 fully saturated rings. The molecule has 0 radical (unpaired) electrons. The molecule has 4 heteroatoms. The summed E-state index contributed by atoms with van der Waals surface area (Å²) in [6.45, 7) is 5.62. The average Bonchev–Trinajstić information content (AvgIpc) is 2.88. The van der Waals surface area contributed by atoms with Gasteiger partial charge in [-0.05, 0) is 44.5 Å². The lowest BCUT2D eigenvalue weighted by Gasteiger charge is -2.14. The number of carbonyl (C=O) groups is 1. The number of ether oxygens (including phenoxy) is 1. The smallest absolute Gasteiger partial charge is 0.255 e. The maximum absolute atomic E-state index is 12.3. The molecule has 0 bridgehead atoms. The maximum atomic E-state index is 12.3. The molecule has 1 saturated heterocycles. The van der Waals surface area contributed by atoms with Gasteiger partial charge in [-0.3, -0.25) is 4.79 Å². The van der Waals surface area contributed by atoms with E-state index in [1.54, 1.807) is 0 Å². The molecule has 110 valence electrons. The van der Waals surface area contributed by atoms with Gasteiger partial charge in [0.1, 0.15) is 5.75 Å². The van der Waals surface area contributed by atoms with E-state index in [2.05, 4.69) is 24.2 Å². The molecule has 0 spiro atoms. The highest BCUT2D eigenvalue weighted by Crippen LogP contribution is 2.19. The number of hydrogen-bond donors (Lipinski definition) is 1. The summed E-state index contributed by atoms with van der Waals surface area (Å²) < 4.78 is 5.63. The predicted octanol–water partition coefficient (Wildman–Crippen LogP) is 2.16. The highest BCUT2D eigenvalue weighted by Gasteiger charge is 2.20. The summed E-state index contributed by atoms with van der Waals surface area (Å²) in [7, 11) is 2.12. The van der Waals surface area contributed by atoms with Gasteiger partial charge in [0.25, 0.3) is 5.91 Å². The Hall–Kier alpha value is -1.55. The number of hydrogen-bond acceptors (Lipinski definition) is 3. The number of likely N-dealkylation sites (tertiary alicyclic amines) is 1. The monoisotopic (exact) mass is 276 g/mol. The summed E-state index contributed by atoms with van der Waals surface area (Å²) >= 11 is 0. The predicted molar refractivity (Wildman–Crippen MR) is 80.2 cm³/mol. The Morgan fingerprint density at radius 3 is 2.95 bits per heavy atom. The zero-order chi connectivity index (χ0) is 14.4. The number of amides is 1. The molecule has 1 N–H and O–H groups in total. The van der Waals surface area contributed by atoms with Gasteiger partial charge in [0.15, 0.2) is 0 Å². The van der Waals surface area contributed by atoms with E-state index >= 15 is 0 Å². The van der Waals surface area contributed by atoms with Gasteiger partial charge in [-0.1, -0.05) is 19.1 Å². The van der Waals surface area contributed by atoms with Gasteiger partial charge in [-0.25, -0.2) is 0 Å². The molecule has 0 aromatic heterocycles. The van der Waals surface area contributed by atoms with Crippen LogP contribution in [0.25, 0.3) is 0 Å². The fourth-order valence-corrected chi connectivity index (χ4v) is 2.52. The van der Waals surface area contributed by atoms with Crippen molar-refractivity contribution < 1.29 is 9.53 Å². The molecule has 1 aromatic carbocycles. The number of nitrogens with zero attached hydrogens (tertiary/aromatic N) is 1. The zero-order valence-corrected chi connectivity index (χ0v) is 12.4. The minimum atomic E-state index is -0.0359. The Labute approximate surface area is 121 Å². The van der Waals surface area contributed by atoms with E-state index < -0.39 is 0 Å². The van der Waals surface area contributed by atoms with Crippen molar-refractivity contribution in [2.24, 2.45) is 5.92 Å². The number of carbonyl (C=O) groups excluding carboxylic acids is 1. The fourth-order valence-electron chi connectivity index (χ4n) is 2.52. The van der Waals surface area contributed by atoms with E-state index in [1.807, 2.05) is 24.3 Å². The van der Waals surface area contributed by atoms with Crippen LogP contribution in [0.15, 0.2) is 24.3 Å². The second kappa shape index (κ2) is 7.29. The van der Waals surface area contributed by atoms with E-state index in [-0.39, 0.29) is 5.91 Å². The van der Waals surface area contributed by atoms with Crippen molar-refractivity contribution in [1.29, 1.82) is 0 Å². The molecule has 1 atom stereocenters. The Morgan fingerprint density at radius 2 is 2.25 bits per heavy atom. The molecule has 2 rings (SSSR count). The van der Waals surface area contributed by atoms with E-state index in [9.17, 15) is 4.79 Å². The van der Waals surface area contributed by atoms with Gasteiger partial charge >= 0.3 is 0 Å². The van der Waals surface area contributed by atoms with Crippen molar-refractivity contribution in [1.82, 2.24) is 10.2 Å². The first-order valence-corrected chi connectivity index (χ1v) is 7.39. The molecule has 1 aliphatic heterocycles. The summed E-state index contributed by atoms with van der Waals surface area (Å²) in [4.78, 5) is 14.6. The van der Waals surface area contributed by atoms with Gasteiger partial charge in [-0.15, -0.1) is 0 Å². The molecule has 1 aliphatic rings. The van der Waals surface area contributed by atoms with E-state index in [0.717, 1.165) is 32.5 Å². The number of rotatable bonds is 6. The van der Waals surface area contributed by atoms with Crippen LogP contribution in [0.2, 0.25) is 0 Å². The summed E-state index contributed by atoms with van der Waals surface area (Å²) in [6, 6.07) is 7.44. The van der Waals surface area contributed by atoms with Crippen LogP contribution in [-0.2, 0) is 0 Å². The number of nitrogens with one attached hydrogen (secondary N) is 1. The Balaban J connectivity index is 1.91. The average molecular weight is 276 g/mol. The van der Waals surface area contributed by atoms with Crippen molar-refractivity contribution >= 4 is 5.91 Å². The molecule has 0 saturated carbocycles. The lowest BCUT2D eigenvalue weighted by atomic mass is 10.1. The van der Waals surface area contributed by atoms with Crippen LogP contribution in [0.3, 0.4) is 0 Å². The fraction of sp³-hybridized carbons (Fsp3) is 0.562. The zero-order valence-electron chi connectivity index (χ0n) is 12.4. The summed E-state index contributed by atoms with van der Waals surface area (Å²) in [5.74, 6) is 1.20. The third kappa shape index (κ3) is 3.97. The second-order valence-corrected chi connectivity index (χ2v) is 5.47. The van der Waals surface area contributed by atoms with Crippen molar-refractivity contribution in [3.8, 4) is 5.75 Å². The van der Waals surface area contributed by atoms with Crippen molar-refractivity contribution in [3.05, 3.63) is 29.8 Å². The van der Waals surface area contributed by atoms with Crippen molar-refractivity contribution in [3.63, 3.8) is 0 Å². The molecule has 0 aliphatic carbocycles. The van der Waals surface area contributed by atoms with Crippen LogP contribution in [0.1, 0.15) is 30.1 Å². The Bertz CT molecular complexity index is 448. The van der Waals surface area contributed by atoms with Crippen LogP contribution in [0.5, 0.6) is 5.75 Å². The third-order valence-corrected chi connectivity index (χ3v) is 3.63. The van der Waals surface area contributed by atoms with Crippen molar-refractivity contribution in [2.45, 2.75) is 19.8 Å². The van der Waals surface area contributed by atoms with Crippen LogP contribution in [0, 0.1) is 5.92 Å². The first-order chi connectivity index (χ1) is 9.70. The van der Waals surface area contributed by atoms with Crippen LogP contribution < -0.4 is 10.1 Å². The maximum Gasteiger partial charge on any atom is 0.255 e. The van der Waals surface area contributed by atoms with E-state index in [0.29, 0.717) is 23.8 Å². The summed E-state index contributed by atoms with van der Waals surface area (Å²) in [5.41, 5.74) is 0.632. The second-order valence-electron chi connectivity index (χ2n) is 5.47. The summed E-state index contributed by atoms with van der Waals surface area (Å²) in [6.07, 6.45) is 2.09. The van der Waals surface area contributed by atoms with Gasteiger partial charge in [-0.2, -0.15) is 0 Å². The molecule has 1 amide bonds. The molecule has 1 heterocycles. The third-order valence-electron chi connectivity index (χ3n) is 3.63. The molecule has 1 aromatic rings. The van der Waals surface area contributed by atoms with Crippen molar-refractivity contribution in [2.75, 3.05) is 33.3 Å². The molecular weight excluding hydrogens is 252 g/mol. The SMILES string of the molecule is CCCOc1ccccc1C(=O)NCC1CCN(C)C1. The number of benzene rings is 1. The highest BCUT2D eigenvalue weighted by molar-refractivity contribution is 5.96. The molecule has 4 nitrogen and oxygen atoms in total. The Morgan fingerprint density at radius 1 is 1.45 bits per heavy atom. The molecule has 1 unspecified atom stereocenters. The van der Waals surface area contributed by atoms with Crippen LogP contribution in [0.4, 0.5) is 0 Å². The molecular formula is C16H24N2O2. The van der Waals surface area contributed by atoms with Gasteiger partial charge in [0, 0.05) is 13.1 Å². The normalized spacial score (nSPS) is 19.0. The van der Waals surface area contributed by atoms with Crippen LogP contribution >= 0.6 is 0 Å². The largest absolute Gasteiger partial charge is 0.493 e. The molecule has 20 heavy (non-hydrogen) atoms. The van der Waals surface area contributed by atoms with Gasteiger partial charge < -0.3 is 15.0 Å². The minimum Gasteiger partial charge on any atom is -0.493 e. The quantitative estimate of drug-likeness (QED) is 0.865. The lowest BCUT2D eigenvalue weighted by Crippen LogP contribution is -2.30. The van der Waals surface area contributed by atoms with E-state index in [1.165, 1.54) is 0 Å². The minimum absolute atomic E-state index is 0.0359. The summed E-state index contributed by atoms with van der Waals surface area (Å²) in [5, 5.41) is 3.03. The van der Waals surface area contributed by atoms with E-state index in [4.69, 9.17) is 4.74 Å². The lowest BCUT2D eigenvalue weighted by molar-refractivity contribution is 0.0943. The van der Waals surface area contributed by atoms with Gasteiger partial charge in [0.2, 0.25) is 0 Å². The van der Waals surface area contributed by atoms with Gasteiger partial charge in [0.05, 0.1) is 12.2 Å². The van der Waals surface area contributed by atoms with Crippen LogP contribution in [-0.4, -0.2) is 44.1 Å².